The number of hydrogen-bond donors (Lipinski definition) is 0. The van der Waals surface area contributed by atoms with Crippen molar-refractivity contribution in [2.75, 3.05) is 30.6 Å². The minimum Gasteiger partial charge on any atom is -0.496 e. The van der Waals surface area contributed by atoms with Gasteiger partial charge in [0, 0.05) is 41.0 Å². The van der Waals surface area contributed by atoms with E-state index in [2.05, 4.69) is 151 Å². The lowest BCUT2D eigenvalue weighted by molar-refractivity contribution is -2.00. The molecule has 12 heteroatoms. The summed E-state index contributed by atoms with van der Waals surface area (Å²) < 4.78 is 49.0. The topological polar surface area (TPSA) is 121 Å². The molecule has 9 nitrogen and oxygen atoms in total. The van der Waals surface area contributed by atoms with Crippen LogP contribution in [0.2, 0.25) is 0 Å². The van der Waals surface area contributed by atoms with Crippen LogP contribution in [-0.4, -0.2) is 20.8 Å². The molecule has 0 amide bonds. The zero-order valence-electron chi connectivity index (χ0n) is 31.7. The van der Waals surface area contributed by atoms with Gasteiger partial charge in [0.2, 0.25) is 5.52 Å². The molecule has 7 rings (SSSR count). The number of ether oxygens (including phenoxy) is 2. The number of nitrogens with zero attached hydrogens (tertiary/aromatic N) is 3. The molecular weight excluding hydrogens is 754 g/mol. The molecule has 0 fully saturated rings. The second kappa shape index (κ2) is 17.5. The van der Waals surface area contributed by atoms with E-state index in [1.54, 1.807) is 14.2 Å². The van der Waals surface area contributed by atoms with E-state index in [0.717, 1.165) is 59.9 Å². The molecule has 1 aliphatic carbocycles. The number of aromatic nitrogens is 1. The molecule has 0 spiro atoms. The summed E-state index contributed by atoms with van der Waals surface area (Å²) in [6, 6.07) is 30.4. The second-order valence-electron chi connectivity index (χ2n) is 12.9. The summed E-state index contributed by atoms with van der Waals surface area (Å²) >= 11 is 3.64. The number of allylic oxidation sites excluding steroid dienone is 5. The molecule has 0 N–H and O–H groups in total. The second-order valence-corrected chi connectivity index (χ2v) is 15.8. The number of rotatable bonds is 10. The lowest BCUT2D eigenvalue weighted by Crippen LogP contribution is -2.68. The SMILES string of the molecule is CCN1C(=CC=C2CCC(C=Cc3sc4cc(OC)c(C)cc4[n+]3CC)=C2N(c2ccccc2)c2ccccc2)Sc2cc(OC)c(C)cc21.[O-][Cl+3]([O-])([O-])[O-]. The Bertz CT molecular complexity index is 2240. The van der Waals surface area contributed by atoms with Crippen LogP contribution in [0.25, 0.3) is 16.3 Å². The third kappa shape index (κ3) is 9.11. The van der Waals surface area contributed by atoms with Crippen LogP contribution in [0, 0.1) is 24.1 Å². The number of thioether (sulfide) groups is 1. The highest BCUT2D eigenvalue weighted by Crippen LogP contribution is 2.49. The first-order valence-electron chi connectivity index (χ1n) is 17.9. The average Bonchev–Trinajstić information content (AvgIpc) is 3.84. The maximum atomic E-state index is 8.49. The summed E-state index contributed by atoms with van der Waals surface area (Å²) in [5.41, 5.74) is 11.0. The molecule has 1 aliphatic heterocycles. The van der Waals surface area contributed by atoms with Gasteiger partial charge in [-0.2, -0.15) is 4.57 Å². The Hall–Kier alpha value is -4.59. The van der Waals surface area contributed by atoms with Crippen LogP contribution in [0.4, 0.5) is 17.1 Å². The molecule has 55 heavy (non-hydrogen) atoms. The Kier molecular flexibility index (Phi) is 12.7. The van der Waals surface area contributed by atoms with Crippen molar-refractivity contribution in [3.63, 3.8) is 0 Å². The van der Waals surface area contributed by atoms with Crippen LogP contribution >= 0.6 is 23.1 Å². The summed E-state index contributed by atoms with van der Waals surface area (Å²) in [5.74, 6) is 1.87. The van der Waals surface area contributed by atoms with Crippen LogP contribution in [0.15, 0.2) is 130 Å². The molecule has 0 saturated carbocycles. The van der Waals surface area contributed by atoms with Gasteiger partial charge in [-0.3, -0.25) is 0 Å². The summed E-state index contributed by atoms with van der Waals surface area (Å²) in [6.07, 6.45) is 11.3. The largest absolute Gasteiger partial charge is 0.496 e. The van der Waals surface area contributed by atoms with Crippen LogP contribution in [0.1, 0.15) is 42.8 Å². The van der Waals surface area contributed by atoms with Crippen molar-refractivity contribution >= 4 is 56.5 Å². The summed E-state index contributed by atoms with van der Waals surface area (Å²) in [7, 11) is -1.45. The van der Waals surface area contributed by atoms with Gasteiger partial charge >= 0.3 is 0 Å². The van der Waals surface area contributed by atoms with Crippen LogP contribution in [-0.2, 0) is 6.54 Å². The Morgan fingerprint density at radius 1 is 0.800 bits per heavy atom. The highest BCUT2D eigenvalue weighted by atomic mass is 35.7. The summed E-state index contributed by atoms with van der Waals surface area (Å²) in [4.78, 5) is 6.09. The van der Waals surface area contributed by atoms with Gasteiger partial charge in [-0.05, 0) is 111 Å². The van der Waals surface area contributed by atoms with Gasteiger partial charge in [-0.15, -0.1) is 10.2 Å². The van der Waals surface area contributed by atoms with E-state index < -0.39 is 10.2 Å². The van der Waals surface area contributed by atoms with Gasteiger partial charge in [-0.25, -0.2) is 18.6 Å². The summed E-state index contributed by atoms with van der Waals surface area (Å²) in [5, 5.41) is 2.47. The molecule has 1 aromatic heterocycles. The number of hydrogen-bond acceptors (Lipinski definition) is 10. The Balaban J connectivity index is 0.000000967. The predicted molar refractivity (Wildman–Crippen MR) is 212 cm³/mol. The van der Waals surface area contributed by atoms with Gasteiger partial charge in [-0.1, -0.05) is 65.6 Å². The van der Waals surface area contributed by atoms with Gasteiger partial charge in [0.25, 0.3) is 5.01 Å². The van der Waals surface area contributed by atoms with E-state index in [9.17, 15) is 0 Å². The lowest BCUT2D eigenvalue weighted by Gasteiger charge is -2.28. The first-order valence-corrected chi connectivity index (χ1v) is 20.8. The Labute approximate surface area is 333 Å². The van der Waals surface area contributed by atoms with E-state index in [1.807, 2.05) is 23.1 Å². The Morgan fingerprint density at radius 3 is 1.98 bits per heavy atom. The van der Waals surface area contributed by atoms with Gasteiger partial charge in [0.15, 0.2) is 0 Å². The van der Waals surface area contributed by atoms with Crippen molar-refractivity contribution in [2.45, 2.75) is 52.0 Å². The number of methoxy groups -OCH3 is 2. The molecule has 0 radical (unpaired) electrons. The van der Waals surface area contributed by atoms with E-state index in [1.165, 1.54) is 47.7 Å². The maximum absolute atomic E-state index is 8.49. The zero-order chi connectivity index (χ0) is 39.3. The maximum Gasteiger partial charge on any atom is 0.262 e. The third-order valence-electron chi connectivity index (χ3n) is 9.51. The Morgan fingerprint density at radius 2 is 1.40 bits per heavy atom. The lowest BCUT2D eigenvalue weighted by atomic mass is 10.1. The number of fused-ring (bicyclic) bond motifs is 2. The number of halogens is 1. The molecule has 2 heterocycles. The van der Waals surface area contributed by atoms with Gasteiger partial charge in [0.05, 0.1) is 30.6 Å². The first kappa shape index (κ1) is 40.1. The van der Waals surface area contributed by atoms with Crippen LogP contribution < -0.4 is 42.5 Å². The fourth-order valence-electron chi connectivity index (χ4n) is 7.04. The average molecular weight is 798 g/mol. The molecular formula is C43H44ClN3O6S2. The molecule has 4 aromatic carbocycles. The van der Waals surface area contributed by atoms with Crippen molar-refractivity contribution in [1.29, 1.82) is 0 Å². The first-order chi connectivity index (χ1) is 26.4. The number of aryl methyl sites for hydroxylation is 3. The highest BCUT2D eigenvalue weighted by Gasteiger charge is 2.29. The van der Waals surface area contributed by atoms with Crippen molar-refractivity contribution in [3.05, 3.63) is 141 Å². The molecule has 0 unspecified atom stereocenters. The van der Waals surface area contributed by atoms with Gasteiger partial charge in [0.1, 0.15) is 22.7 Å². The number of anilines is 3. The molecule has 5 aromatic rings. The zero-order valence-corrected chi connectivity index (χ0v) is 34.1. The van der Waals surface area contributed by atoms with Gasteiger partial charge < -0.3 is 19.3 Å². The van der Waals surface area contributed by atoms with Crippen molar-refractivity contribution in [3.8, 4) is 11.5 Å². The van der Waals surface area contributed by atoms with E-state index in [0.29, 0.717) is 0 Å². The van der Waals surface area contributed by atoms with E-state index >= 15 is 0 Å². The van der Waals surface area contributed by atoms with Crippen LogP contribution in [0.3, 0.4) is 0 Å². The number of benzene rings is 4. The molecule has 0 atom stereocenters. The molecule has 0 bridgehead atoms. The quantitative estimate of drug-likeness (QED) is 0.148. The standard InChI is InChI=1S/C43H44N3O2S2.ClHO4/c1-7-44-35-25-29(3)37(47-5)27-39(35)49-41(44)23-21-31-19-20-32(43(31)46(33-15-11-9-12-16-33)34-17-13-10-14-18-34)22-24-42-45(8-2)36-26-30(4)38(48-6)28-40(36)50-42;2-1(3,4)5/h9-18,21-28H,7-8,19-20H2,1-6H3;(H,2,3,4,5)/q+1;/p-1. The normalized spacial score (nSPS) is 15.6. The molecule has 0 saturated heterocycles. The fraction of sp³-hybridized carbons (Fsp3) is 0.233. The fourth-order valence-corrected chi connectivity index (χ4v) is 9.31. The van der Waals surface area contributed by atoms with E-state index in [-0.39, 0.29) is 0 Å². The smallest absolute Gasteiger partial charge is 0.262 e. The highest BCUT2D eigenvalue weighted by molar-refractivity contribution is 8.03. The number of para-hydroxylation sites is 2. The monoisotopic (exact) mass is 797 g/mol. The van der Waals surface area contributed by atoms with Crippen molar-refractivity contribution < 1.29 is 42.9 Å². The minimum atomic E-state index is -4.94. The molecule has 2 aliphatic rings. The minimum absolute atomic E-state index is 0.898. The third-order valence-corrected chi connectivity index (χ3v) is 11.7. The molecule has 286 valence electrons. The predicted octanol–water partition coefficient (Wildman–Crippen LogP) is 6.39. The van der Waals surface area contributed by atoms with Crippen molar-refractivity contribution in [2.24, 2.45) is 0 Å². The number of thiazole rings is 1. The van der Waals surface area contributed by atoms with Crippen molar-refractivity contribution in [1.82, 2.24) is 0 Å². The summed E-state index contributed by atoms with van der Waals surface area (Å²) in [6.45, 7) is 10.5. The van der Waals surface area contributed by atoms with Crippen LogP contribution in [0.5, 0.6) is 11.5 Å². The van der Waals surface area contributed by atoms with E-state index in [4.69, 9.17) is 28.1 Å².